The number of aromatic nitrogens is 1. The van der Waals surface area contributed by atoms with E-state index in [1.165, 1.54) is 17.8 Å². The Labute approximate surface area is 124 Å². The van der Waals surface area contributed by atoms with E-state index in [0.29, 0.717) is 11.5 Å². The van der Waals surface area contributed by atoms with Crippen molar-refractivity contribution in [3.05, 3.63) is 51.5 Å². The second kappa shape index (κ2) is 7.02. The Bertz CT molecular complexity index is 634. The Morgan fingerprint density at radius 2 is 2.15 bits per heavy atom. The molecule has 0 N–H and O–H groups in total. The average molecular weight is 282 g/mol. The molecular formula is C17H18N2S. The van der Waals surface area contributed by atoms with E-state index in [-0.39, 0.29) is 0 Å². The number of hydrogen-bond acceptors (Lipinski definition) is 3. The number of rotatable bonds is 5. The third-order valence-electron chi connectivity index (χ3n) is 3.20. The van der Waals surface area contributed by atoms with Crippen LogP contribution in [0.25, 0.3) is 12.2 Å². The standard InChI is InChI=1S/C17H18N2S/c1-3-6-13(2)17-19-16(12-20-17)10-9-14-7-4-5-8-15(14)11-18/h4-5,7-10,12-13H,3,6H2,1-2H3/b10-9+. The fourth-order valence-corrected chi connectivity index (χ4v) is 2.96. The van der Waals surface area contributed by atoms with Gasteiger partial charge in [0, 0.05) is 11.3 Å². The molecule has 0 bridgehead atoms. The minimum atomic E-state index is 0.526. The molecule has 0 spiro atoms. The molecule has 2 nitrogen and oxygen atoms in total. The molecule has 1 aromatic carbocycles. The predicted octanol–water partition coefficient (Wildman–Crippen LogP) is 5.09. The first-order valence-corrected chi connectivity index (χ1v) is 7.75. The van der Waals surface area contributed by atoms with Gasteiger partial charge in [-0.1, -0.05) is 44.5 Å². The zero-order valence-electron chi connectivity index (χ0n) is 11.8. The number of benzene rings is 1. The van der Waals surface area contributed by atoms with Crippen molar-refractivity contribution >= 4 is 23.5 Å². The second-order valence-corrected chi connectivity index (χ2v) is 5.72. The van der Waals surface area contributed by atoms with Gasteiger partial charge in [-0.15, -0.1) is 11.3 Å². The van der Waals surface area contributed by atoms with E-state index < -0.39 is 0 Å². The van der Waals surface area contributed by atoms with Crippen LogP contribution in [0, 0.1) is 11.3 Å². The van der Waals surface area contributed by atoms with E-state index in [9.17, 15) is 0 Å². The summed E-state index contributed by atoms with van der Waals surface area (Å²) in [6.07, 6.45) is 6.30. The lowest BCUT2D eigenvalue weighted by Crippen LogP contribution is -1.91. The highest BCUT2D eigenvalue weighted by atomic mass is 32.1. The van der Waals surface area contributed by atoms with Gasteiger partial charge in [-0.25, -0.2) is 4.98 Å². The zero-order valence-corrected chi connectivity index (χ0v) is 12.7. The molecule has 0 aliphatic carbocycles. The highest BCUT2D eigenvalue weighted by molar-refractivity contribution is 7.09. The molecule has 1 heterocycles. The first-order chi connectivity index (χ1) is 9.74. The molecule has 3 heteroatoms. The van der Waals surface area contributed by atoms with Gasteiger partial charge in [0.25, 0.3) is 0 Å². The third kappa shape index (κ3) is 3.55. The van der Waals surface area contributed by atoms with Gasteiger partial charge in [-0.2, -0.15) is 5.26 Å². The fourth-order valence-electron chi connectivity index (χ4n) is 2.08. The Morgan fingerprint density at radius 3 is 2.90 bits per heavy atom. The molecule has 1 aromatic heterocycles. The van der Waals surface area contributed by atoms with E-state index in [2.05, 4.69) is 30.3 Å². The molecule has 20 heavy (non-hydrogen) atoms. The number of thiazole rings is 1. The van der Waals surface area contributed by atoms with Crippen LogP contribution < -0.4 is 0 Å². The van der Waals surface area contributed by atoms with Crippen LogP contribution in [0.1, 0.15) is 54.4 Å². The molecule has 0 aliphatic heterocycles. The molecule has 2 aromatic rings. The quantitative estimate of drug-likeness (QED) is 0.766. The summed E-state index contributed by atoms with van der Waals surface area (Å²) < 4.78 is 0. The van der Waals surface area contributed by atoms with Gasteiger partial charge in [0.15, 0.2) is 0 Å². The molecule has 0 amide bonds. The monoisotopic (exact) mass is 282 g/mol. The Morgan fingerprint density at radius 1 is 1.35 bits per heavy atom. The van der Waals surface area contributed by atoms with Gasteiger partial charge in [-0.05, 0) is 24.1 Å². The van der Waals surface area contributed by atoms with E-state index in [0.717, 1.165) is 11.3 Å². The summed E-state index contributed by atoms with van der Waals surface area (Å²) in [5.74, 6) is 0.526. The maximum atomic E-state index is 9.05. The van der Waals surface area contributed by atoms with Gasteiger partial charge in [-0.3, -0.25) is 0 Å². The van der Waals surface area contributed by atoms with Crippen LogP contribution in [0.3, 0.4) is 0 Å². The van der Waals surface area contributed by atoms with Crippen LogP contribution in [-0.4, -0.2) is 4.98 Å². The second-order valence-electron chi connectivity index (χ2n) is 4.83. The first-order valence-electron chi connectivity index (χ1n) is 6.87. The number of nitriles is 1. The van der Waals surface area contributed by atoms with Gasteiger partial charge < -0.3 is 0 Å². The molecular weight excluding hydrogens is 264 g/mol. The summed E-state index contributed by atoms with van der Waals surface area (Å²) in [4.78, 5) is 4.65. The van der Waals surface area contributed by atoms with Crippen molar-refractivity contribution in [2.24, 2.45) is 0 Å². The van der Waals surface area contributed by atoms with E-state index in [1.807, 2.05) is 36.4 Å². The van der Waals surface area contributed by atoms with E-state index in [1.54, 1.807) is 11.3 Å². The van der Waals surface area contributed by atoms with Crippen LogP contribution in [0.2, 0.25) is 0 Å². The molecule has 1 atom stereocenters. The Kier molecular flexibility index (Phi) is 5.09. The lowest BCUT2D eigenvalue weighted by molar-refractivity contribution is 0.660. The van der Waals surface area contributed by atoms with Crippen LogP contribution in [0.15, 0.2) is 29.6 Å². The summed E-state index contributed by atoms with van der Waals surface area (Å²) >= 11 is 1.72. The average Bonchev–Trinajstić information content (AvgIpc) is 2.94. The summed E-state index contributed by atoms with van der Waals surface area (Å²) in [6, 6.07) is 9.80. The normalized spacial score (nSPS) is 12.4. The lowest BCUT2D eigenvalue weighted by atomic mass is 10.1. The first kappa shape index (κ1) is 14.5. The van der Waals surface area contributed by atoms with Crippen LogP contribution in [-0.2, 0) is 0 Å². The van der Waals surface area contributed by atoms with Crippen molar-refractivity contribution in [1.29, 1.82) is 5.26 Å². The predicted molar refractivity (Wildman–Crippen MR) is 85.5 cm³/mol. The molecule has 0 saturated carbocycles. The van der Waals surface area contributed by atoms with Crippen LogP contribution >= 0.6 is 11.3 Å². The number of nitrogens with zero attached hydrogens (tertiary/aromatic N) is 2. The maximum absolute atomic E-state index is 9.05. The summed E-state index contributed by atoms with van der Waals surface area (Å²) in [7, 11) is 0. The third-order valence-corrected chi connectivity index (χ3v) is 4.29. The Balaban J connectivity index is 2.14. The summed E-state index contributed by atoms with van der Waals surface area (Å²) in [6.45, 7) is 4.42. The van der Waals surface area contributed by atoms with Gasteiger partial charge >= 0.3 is 0 Å². The van der Waals surface area contributed by atoms with Crippen LogP contribution in [0.4, 0.5) is 0 Å². The Hall–Kier alpha value is -1.92. The lowest BCUT2D eigenvalue weighted by Gasteiger charge is -2.04. The SMILES string of the molecule is CCCC(C)c1nc(/C=C/c2ccccc2C#N)cs1. The molecule has 0 radical (unpaired) electrons. The molecule has 2 rings (SSSR count). The molecule has 0 aliphatic rings. The van der Waals surface area contributed by atoms with Crippen molar-refractivity contribution in [3.63, 3.8) is 0 Å². The summed E-state index contributed by atoms with van der Waals surface area (Å²) in [5, 5.41) is 12.3. The van der Waals surface area contributed by atoms with Crippen molar-refractivity contribution in [2.75, 3.05) is 0 Å². The maximum Gasteiger partial charge on any atom is 0.0997 e. The van der Waals surface area contributed by atoms with E-state index >= 15 is 0 Å². The van der Waals surface area contributed by atoms with Gasteiger partial charge in [0.05, 0.1) is 22.3 Å². The highest BCUT2D eigenvalue weighted by Crippen LogP contribution is 2.24. The highest BCUT2D eigenvalue weighted by Gasteiger charge is 2.08. The summed E-state index contributed by atoms with van der Waals surface area (Å²) in [5.41, 5.74) is 2.60. The number of hydrogen-bond donors (Lipinski definition) is 0. The molecule has 0 saturated heterocycles. The van der Waals surface area contributed by atoms with Crippen molar-refractivity contribution in [3.8, 4) is 6.07 Å². The largest absolute Gasteiger partial charge is 0.242 e. The molecule has 102 valence electrons. The zero-order chi connectivity index (χ0) is 14.4. The smallest absolute Gasteiger partial charge is 0.0997 e. The van der Waals surface area contributed by atoms with Crippen molar-refractivity contribution < 1.29 is 0 Å². The van der Waals surface area contributed by atoms with Gasteiger partial charge in [0.2, 0.25) is 0 Å². The molecule has 1 unspecified atom stereocenters. The van der Waals surface area contributed by atoms with E-state index in [4.69, 9.17) is 5.26 Å². The van der Waals surface area contributed by atoms with Crippen LogP contribution in [0.5, 0.6) is 0 Å². The van der Waals surface area contributed by atoms with Gasteiger partial charge in [0.1, 0.15) is 0 Å². The topological polar surface area (TPSA) is 36.7 Å². The van der Waals surface area contributed by atoms with Crippen molar-refractivity contribution in [1.82, 2.24) is 4.98 Å². The van der Waals surface area contributed by atoms with Crippen molar-refractivity contribution in [2.45, 2.75) is 32.6 Å². The minimum absolute atomic E-state index is 0.526. The molecule has 0 fully saturated rings. The minimum Gasteiger partial charge on any atom is -0.242 e. The fraction of sp³-hybridized carbons (Fsp3) is 0.294.